The van der Waals surface area contributed by atoms with Crippen LogP contribution in [0.15, 0.2) is 24.3 Å². The van der Waals surface area contributed by atoms with Gasteiger partial charge in [0.15, 0.2) is 0 Å². The van der Waals surface area contributed by atoms with Crippen molar-refractivity contribution >= 4 is 27.3 Å². The minimum absolute atomic E-state index is 0.0582. The van der Waals surface area contributed by atoms with Gasteiger partial charge >= 0.3 is 0 Å². The molecule has 0 bridgehead atoms. The van der Waals surface area contributed by atoms with Crippen molar-refractivity contribution in [2.75, 3.05) is 6.61 Å². The maximum absolute atomic E-state index is 12.3. The molecule has 19 heavy (non-hydrogen) atoms. The maximum atomic E-state index is 12.3. The van der Waals surface area contributed by atoms with Crippen LogP contribution in [-0.4, -0.2) is 23.2 Å². The predicted molar refractivity (Wildman–Crippen MR) is 79.8 cm³/mol. The van der Waals surface area contributed by atoms with E-state index in [0.29, 0.717) is 6.42 Å². The molecule has 0 aliphatic heterocycles. The number of nitrogens with one attached hydrogen (secondary N) is 1. The van der Waals surface area contributed by atoms with Gasteiger partial charge in [0.2, 0.25) is 0 Å². The van der Waals surface area contributed by atoms with Crippen LogP contribution in [-0.2, 0) is 0 Å². The highest BCUT2D eigenvalue weighted by atomic mass is 32.1. The number of hydrogen-bond donors (Lipinski definition) is 2. The molecule has 0 atom stereocenters. The lowest BCUT2D eigenvalue weighted by Crippen LogP contribution is -2.43. The van der Waals surface area contributed by atoms with E-state index in [1.165, 1.54) is 11.3 Å². The number of thiophene rings is 1. The molecule has 1 amide bonds. The van der Waals surface area contributed by atoms with E-state index in [4.69, 9.17) is 5.11 Å². The number of benzene rings is 1. The van der Waals surface area contributed by atoms with E-state index in [1.807, 2.05) is 45.0 Å². The zero-order valence-electron chi connectivity index (χ0n) is 11.5. The second-order valence-electron chi connectivity index (χ2n) is 5.36. The van der Waals surface area contributed by atoms with Gasteiger partial charge in [0.05, 0.1) is 4.88 Å². The molecule has 102 valence electrons. The quantitative estimate of drug-likeness (QED) is 0.902. The Kier molecular flexibility index (Phi) is 3.92. The van der Waals surface area contributed by atoms with E-state index in [9.17, 15) is 4.79 Å². The van der Waals surface area contributed by atoms with Crippen LogP contribution in [0.2, 0.25) is 0 Å². The molecule has 0 aliphatic carbocycles. The molecular formula is C15H19NO2S. The summed E-state index contributed by atoms with van der Waals surface area (Å²) in [6, 6.07) is 8.04. The lowest BCUT2D eigenvalue weighted by molar-refractivity contribution is 0.0903. The average Bonchev–Trinajstić information content (AvgIpc) is 2.67. The highest BCUT2D eigenvalue weighted by molar-refractivity contribution is 7.21. The molecule has 2 aromatic rings. The highest BCUT2D eigenvalue weighted by Crippen LogP contribution is 2.30. The van der Waals surface area contributed by atoms with Gasteiger partial charge < -0.3 is 10.4 Å². The van der Waals surface area contributed by atoms with Crippen LogP contribution in [0.5, 0.6) is 0 Å². The lowest BCUT2D eigenvalue weighted by Gasteiger charge is -2.25. The molecule has 2 rings (SSSR count). The smallest absolute Gasteiger partial charge is 0.262 e. The molecule has 0 saturated heterocycles. The summed E-state index contributed by atoms with van der Waals surface area (Å²) in [4.78, 5) is 13.1. The van der Waals surface area contributed by atoms with Crippen molar-refractivity contribution in [3.63, 3.8) is 0 Å². The van der Waals surface area contributed by atoms with E-state index in [0.717, 1.165) is 20.5 Å². The zero-order valence-corrected chi connectivity index (χ0v) is 12.3. The van der Waals surface area contributed by atoms with Crippen LogP contribution in [0.1, 0.15) is 35.5 Å². The normalized spacial score (nSPS) is 11.8. The van der Waals surface area contributed by atoms with Gasteiger partial charge in [-0.05, 0) is 44.2 Å². The number of hydrogen-bond acceptors (Lipinski definition) is 3. The molecule has 1 aromatic carbocycles. The van der Waals surface area contributed by atoms with Crippen molar-refractivity contribution in [1.82, 2.24) is 5.32 Å². The molecule has 3 nitrogen and oxygen atoms in total. The molecule has 0 radical (unpaired) electrons. The molecule has 0 saturated carbocycles. The van der Waals surface area contributed by atoms with Crippen molar-refractivity contribution < 1.29 is 9.90 Å². The van der Waals surface area contributed by atoms with Crippen LogP contribution in [0.25, 0.3) is 10.1 Å². The maximum Gasteiger partial charge on any atom is 0.262 e. The lowest BCUT2D eigenvalue weighted by atomic mass is 10.0. The van der Waals surface area contributed by atoms with Crippen molar-refractivity contribution in [2.45, 2.75) is 32.7 Å². The van der Waals surface area contributed by atoms with Crippen molar-refractivity contribution in [1.29, 1.82) is 0 Å². The Balaban J connectivity index is 2.29. The van der Waals surface area contributed by atoms with Gasteiger partial charge in [-0.1, -0.05) is 18.2 Å². The van der Waals surface area contributed by atoms with E-state index in [2.05, 4.69) is 5.32 Å². The summed E-state index contributed by atoms with van der Waals surface area (Å²) >= 11 is 1.52. The second kappa shape index (κ2) is 5.31. The number of amides is 1. The number of aryl methyl sites for hydroxylation is 1. The number of fused-ring (bicyclic) bond motifs is 1. The van der Waals surface area contributed by atoms with Crippen molar-refractivity contribution in [3.8, 4) is 0 Å². The number of aliphatic hydroxyl groups excluding tert-OH is 1. The first-order valence-corrected chi connectivity index (χ1v) is 7.18. The van der Waals surface area contributed by atoms with Gasteiger partial charge in [-0.3, -0.25) is 4.79 Å². The van der Waals surface area contributed by atoms with E-state index in [1.54, 1.807) is 0 Å². The van der Waals surface area contributed by atoms with E-state index in [-0.39, 0.29) is 12.5 Å². The first kappa shape index (κ1) is 14.0. The van der Waals surface area contributed by atoms with Gasteiger partial charge in [-0.25, -0.2) is 0 Å². The van der Waals surface area contributed by atoms with Crippen molar-refractivity contribution in [3.05, 3.63) is 34.7 Å². The zero-order chi connectivity index (χ0) is 14.0. The summed E-state index contributed by atoms with van der Waals surface area (Å²) in [6.07, 6.45) is 0.544. The van der Waals surface area contributed by atoms with Gasteiger partial charge in [-0.2, -0.15) is 0 Å². The SMILES string of the molecule is Cc1c(C(=O)NC(C)(C)CCO)sc2ccccc12. The topological polar surface area (TPSA) is 49.3 Å². The molecule has 1 heterocycles. The summed E-state index contributed by atoms with van der Waals surface area (Å²) < 4.78 is 1.13. The summed E-state index contributed by atoms with van der Waals surface area (Å²) in [5, 5.41) is 13.1. The van der Waals surface area contributed by atoms with Crippen LogP contribution in [0.4, 0.5) is 0 Å². The van der Waals surface area contributed by atoms with E-state index >= 15 is 0 Å². The first-order valence-electron chi connectivity index (χ1n) is 6.36. The number of carbonyl (C=O) groups excluding carboxylic acids is 1. The molecule has 0 unspecified atom stereocenters. The Hall–Kier alpha value is -1.39. The van der Waals surface area contributed by atoms with Gasteiger partial charge in [0.25, 0.3) is 5.91 Å². The molecule has 0 fully saturated rings. The minimum Gasteiger partial charge on any atom is -0.396 e. The Morgan fingerprint density at radius 1 is 1.37 bits per heavy atom. The van der Waals surface area contributed by atoms with Gasteiger partial charge in [0.1, 0.15) is 0 Å². The summed E-state index contributed by atoms with van der Waals surface area (Å²) in [7, 11) is 0. The first-order chi connectivity index (χ1) is 8.94. The molecule has 1 aromatic heterocycles. The third kappa shape index (κ3) is 2.96. The largest absolute Gasteiger partial charge is 0.396 e. The second-order valence-corrected chi connectivity index (χ2v) is 6.42. The third-order valence-corrected chi connectivity index (χ3v) is 4.51. The van der Waals surface area contributed by atoms with Gasteiger partial charge in [-0.15, -0.1) is 11.3 Å². The van der Waals surface area contributed by atoms with Crippen LogP contribution in [0.3, 0.4) is 0 Å². The molecule has 4 heteroatoms. The fourth-order valence-electron chi connectivity index (χ4n) is 2.10. The van der Waals surface area contributed by atoms with E-state index < -0.39 is 5.54 Å². The average molecular weight is 277 g/mol. The molecule has 0 spiro atoms. The number of rotatable bonds is 4. The number of carbonyl (C=O) groups is 1. The molecule has 2 N–H and O–H groups in total. The molecule has 0 aliphatic rings. The Morgan fingerprint density at radius 2 is 2.05 bits per heavy atom. The minimum atomic E-state index is -0.394. The standard InChI is InChI=1S/C15H19NO2S/c1-10-11-6-4-5-7-12(11)19-13(10)14(18)16-15(2,3)8-9-17/h4-7,17H,8-9H2,1-3H3,(H,16,18). The predicted octanol–water partition coefficient (Wildman–Crippen LogP) is 3.10. The van der Waals surface area contributed by atoms with Crippen LogP contribution < -0.4 is 5.32 Å². The third-order valence-electron chi connectivity index (χ3n) is 3.24. The molecular weight excluding hydrogens is 258 g/mol. The van der Waals surface area contributed by atoms with Crippen molar-refractivity contribution in [2.24, 2.45) is 0 Å². The fraction of sp³-hybridized carbons (Fsp3) is 0.400. The van der Waals surface area contributed by atoms with Crippen LogP contribution in [0, 0.1) is 6.92 Å². The van der Waals surface area contributed by atoms with Gasteiger partial charge in [0, 0.05) is 16.8 Å². The Bertz CT molecular complexity index is 601. The number of aliphatic hydroxyl groups is 1. The fourth-order valence-corrected chi connectivity index (χ4v) is 3.20. The monoisotopic (exact) mass is 277 g/mol. The van der Waals surface area contributed by atoms with Crippen LogP contribution >= 0.6 is 11.3 Å². The summed E-state index contributed by atoms with van der Waals surface area (Å²) in [6.45, 7) is 5.89. The summed E-state index contributed by atoms with van der Waals surface area (Å²) in [5.41, 5.74) is 0.631. The summed E-state index contributed by atoms with van der Waals surface area (Å²) in [5.74, 6) is -0.0582. The Labute approximate surface area is 117 Å². The highest BCUT2D eigenvalue weighted by Gasteiger charge is 2.23. The Morgan fingerprint density at radius 3 is 2.68 bits per heavy atom.